The average molecular weight is 459 g/mol. The zero-order valence-electron chi connectivity index (χ0n) is 20.2. The molecule has 0 saturated heterocycles. The van der Waals surface area contributed by atoms with Crippen LogP contribution in [0.3, 0.4) is 0 Å². The summed E-state index contributed by atoms with van der Waals surface area (Å²) in [5.74, 6) is 0.969. The Morgan fingerprint density at radius 3 is 2.65 bits per heavy atom. The van der Waals surface area contributed by atoms with E-state index in [9.17, 15) is 4.79 Å². The molecule has 0 radical (unpaired) electrons. The van der Waals surface area contributed by atoms with Crippen molar-refractivity contribution in [1.82, 2.24) is 24.4 Å². The molecule has 0 aliphatic carbocycles. The molecule has 34 heavy (non-hydrogen) atoms. The molecule has 0 aliphatic heterocycles. The Labute approximate surface area is 199 Å². The number of anilines is 2. The van der Waals surface area contributed by atoms with Gasteiger partial charge in [0, 0.05) is 54.2 Å². The molecule has 8 nitrogen and oxygen atoms in total. The molecule has 0 saturated carbocycles. The lowest BCUT2D eigenvalue weighted by atomic mass is 10.1. The maximum Gasteiger partial charge on any atom is 0.253 e. The van der Waals surface area contributed by atoms with Crippen molar-refractivity contribution >= 4 is 28.4 Å². The molecule has 0 unspecified atom stereocenters. The molecule has 0 aliphatic rings. The predicted octanol–water partition coefficient (Wildman–Crippen LogP) is 5.31. The van der Waals surface area contributed by atoms with Crippen LogP contribution in [-0.2, 0) is 0 Å². The standard InChI is InChI=1S/C26H30N6O2/c1-6-31(7-2)25(33)18-8-9-22(24(14-18)34-5)30-26-28-13-11-21(29-26)20-16-32(17(3)4)23-15-27-12-10-19(20)23/h8-17H,6-7H2,1-5H3,(H,28,29,30). The van der Waals surface area contributed by atoms with Gasteiger partial charge in [-0.05, 0) is 58.0 Å². The van der Waals surface area contributed by atoms with Crippen LogP contribution in [0.5, 0.6) is 5.75 Å². The van der Waals surface area contributed by atoms with Gasteiger partial charge >= 0.3 is 0 Å². The Balaban J connectivity index is 1.66. The van der Waals surface area contributed by atoms with Gasteiger partial charge < -0.3 is 19.5 Å². The molecular weight excluding hydrogens is 428 g/mol. The van der Waals surface area contributed by atoms with Crippen molar-refractivity contribution in [3.05, 3.63) is 60.7 Å². The fraction of sp³-hybridized carbons (Fsp3) is 0.308. The minimum Gasteiger partial charge on any atom is -0.495 e. The number of methoxy groups -OCH3 is 1. The summed E-state index contributed by atoms with van der Waals surface area (Å²) in [6.07, 6.45) is 7.51. The van der Waals surface area contributed by atoms with Gasteiger partial charge in [-0.25, -0.2) is 9.97 Å². The highest BCUT2D eigenvalue weighted by molar-refractivity contribution is 5.96. The van der Waals surface area contributed by atoms with Crippen LogP contribution in [0.2, 0.25) is 0 Å². The molecule has 4 rings (SSSR count). The van der Waals surface area contributed by atoms with Crippen molar-refractivity contribution in [1.29, 1.82) is 0 Å². The number of pyridine rings is 1. The lowest BCUT2D eigenvalue weighted by Gasteiger charge is -2.19. The number of benzene rings is 1. The first-order valence-corrected chi connectivity index (χ1v) is 11.5. The fourth-order valence-corrected chi connectivity index (χ4v) is 4.04. The van der Waals surface area contributed by atoms with Gasteiger partial charge in [-0.1, -0.05) is 0 Å². The summed E-state index contributed by atoms with van der Waals surface area (Å²) in [7, 11) is 1.58. The third kappa shape index (κ3) is 4.44. The number of hydrogen-bond donors (Lipinski definition) is 1. The maximum absolute atomic E-state index is 12.7. The Bertz CT molecular complexity index is 1310. The van der Waals surface area contributed by atoms with Gasteiger partial charge in [0.2, 0.25) is 5.95 Å². The normalized spacial score (nSPS) is 11.1. The fourth-order valence-electron chi connectivity index (χ4n) is 4.04. The zero-order chi connectivity index (χ0) is 24.2. The summed E-state index contributed by atoms with van der Waals surface area (Å²) >= 11 is 0. The predicted molar refractivity (Wildman–Crippen MR) is 135 cm³/mol. The molecule has 1 aromatic carbocycles. The van der Waals surface area contributed by atoms with Crippen LogP contribution < -0.4 is 10.1 Å². The molecule has 0 atom stereocenters. The number of nitrogens with zero attached hydrogens (tertiary/aromatic N) is 5. The van der Waals surface area contributed by atoms with Gasteiger partial charge in [0.1, 0.15) is 5.75 Å². The van der Waals surface area contributed by atoms with Gasteiger partial charge in [0.25, 0.3) is 5.91 Å². The second-order valence-corrected chi connectivity index (χ2v) is 8.22. The number of carbonyl (C=O) groups excluding carboxylic acids is 1. The molecule has 176 valence electrons. The van der Waals surface area contributed by atoms with Crippen LogP contribution in [0.1, 0.15) is 44.1 Å². The summed E-state index contributed by atoms with van der Waals surface area (Å²) in [5.41, 5.74) is 4.15. The van der Waals surface area contributed by atoms with E-state index < -0.39 is 0 Å². The number of carbonyl (C=O) groups is 1. The highest BCUT2D eigenvalue weighted by atomic mass is 16.5. The van der Waals surface area contributed by atoms with E-state index in [1.54, 1.807) is 36.5 Å². The van der Waals surface area contributed by atoms with E-state index in [1.807, 2.05) is 38.2 Å². The van der Waals surface area contributed by atoms with Crippen LogP contribution in [0.25, 0.3) is 22.2 Å². The summed E-state index contributed by atoms with van der Waals surface area (Å²) in [5, 5.41) is 4.33. The molecule has 3 aromatic heterocycles. The SMILES string of the molecule is CCN(CC)C(=O)c1ccc(Nc2nccc(-c3cn(C(C)C)c4cnccc34)n2)c(OC)c1. The first-order valence-electron chi connectivity index (χ1n) is 11.5. The van der Waals surface area contributed by atoms with Crippen molar-refractivity contribution in [3.63, 3.8) is 0 Å². The van der Waals surface area contributed by atoms with Crippen molar-refractivity contribution in [2.75, 3.05) is 25.5 Å². The number of fused-ring (bicyclic) bond motifs is 1. The molecule has 8 heteroatoms. The number of rotatable bonds is 8. The molecule has 1 amide bonds. The summed E-state index contributed by atoms with van der Waals surface area (Å²) in [6, 6.07) is 9.56. The molecule has 0 spiro atoms. The zero-order valence-corrected chi connectivity index (χ0v) is 20.2. The van der Waals surface area contributed by atoms with E-state index >= 15 is 0 Å². The van der Waals surface area contributed by atoms with Gasteiger partial charge in [0.15, 0.2) is 0 Å². The van der Waals surface area contributed by atoms with E-state index in [0.717, 1.165) is 22.2 Å². The molecule has 4 aromatic rings. The highest BCUT2D eigenvalue weighted by Crippen LogP contribution is 2.32. The molecule has 0 fully saturated rings. The number of nitrogens with one attached hydrogen (secondary N) is 1. The van der Waals surface area contributed by atoms with Crippen LogP contribution in [-0.4, -0.2) is 50.5 Å². The number of ether oxygens (including phenoxy) is 1. The van der Waals surface area contributed by atoms with Crippen LogP contribution in [0.4, 0.5) is 11.6 Å². The summed E-state index contributed by atoms with van der Waals surface area (Å²) in [6.45, 7) is 9.53. The quantitative estimate of drug-likeness (QED) is 0.385. The van der Waals surface area contributed by atoms with Crippen LogP contribution in [0.15, 0.2) is 55.1 Å². The minimum absolute atomic E-state index is 0.0240. The third-order valence-electron chi connectivity index (χ3n) is 5.87. The summed E-state index contributed by atoms with van der Waals surface area (Å²) < 4.78 is 7.75. The van der Waals surface area contributed by atoms with Crippen LogP contribution >= 0.6 is 0 Å². The van der Waals surface area contributed by atoms with Crippen molar-refractivity contribution in [3.8, 4) is 17.0 Å². The Morgan fingerprint density at radius 1 is 1.15 bits per heavy atom. The number of amides is 1. The van der Waals surface area contributed by atoms with Gasteiger partial charge in [0.05, 0.1) is 30.2 Å². The van der Waals surface area contributed by atoms with Gasteiger partial charge in [-0.2, -0.15) is 0 Å². The van der Waals surface area contributed by atoms with Gasteiger partial charge in [-0.3, -0.25) is 9.78 Å². The highest BCUT2D eigenvalue weighted by Gasteiger charge is 2.17. The lowest BCUT2D eigenvalue weighted by molar-refractivity contribution is 0.0772. The Kier molecular flexibility index (Phi) is 6.77. The topological polar surface area (TPSA) is 85.2 Å². The number of aromatic nitrogens is 4. The number of hydrogen-bond acceptors (Lipinski definition) is 6. The largest absolute Gasteiger partial charge is 0.495 e. The first kappa shape index (κ1) is 23.2. The van der Waals surface area contributed by atoms with E-state index in [0.29, 0.717) is 42.1 Å². The van der Waals surface area contributed by atoms with Crippen LogP contribution in [0, 0.1) is 0 Å². The third-order valence-corrected chi connectivity index (χ3v) is 5.87. The minimum atomic E-state index is -0.0240. The van der Waals surface area contributed by atoms with E-state index in [-0.39, 0.29) is 5.91 Å². The Hall–Kier alpha value is -3.94. The molecule has 1 N–H and O–H groups in total. The Morgan fingerprint density at radius 2 is 1.94 bits per heavy atom. The van der Waals surface area contributed by atoms with Crippen molar-refractivity contribution in [2.24, 2.45) is 0 Å². The second kappa shape index (κ2) is 9.91. The van der Waals surface area contributed by atoms with Crippen molar-refractivity contribution < 1.29 is 9.53 Å². The average Bonchev–Trinajstić information content (AvgIpc) is 3.25. The van der Waals surface area contributed by atoms with E-state index in [4.69, 9.17) is 9.72 Å². The molecule has 0 bridgehead atoms. The van der Waals surface area contributed by atoms with E-state index in [1.165, 1.54) is 0 Å². The summed E-state index contributed by atoms with van der Waals surface area (Å²) in [4.78, 5) is 27.9. The van der Waals surface area contributed by atoms with Gasteiger partial charge in [-0.15, -0.1) is 0 Å². The second-order valence-electron chi connectivity index (χ2n) is 8.22. The molecule has 3 heterocycles. The maximum atomic E-state index is 12.7. The van der Waals surface area contributed by atoms with Crippen molar-refractivity contribution in [2.45, 2.75) is 33.7 Å². The first-order chi connectivity index (χ1) is 16.5. The molecular formula is C26H30N6O2. The smallest absolute Gasteiger partial charge is 0.253 e. The lowest BCUT2D eigenvalue weighted by Crippen LogP contribution is -2.30. The van der Waals surface area contributed by atoms with E-state index in [2.05, 4.69) is 39.9 Å². The monoisotopic (exact) mass is 458 g/mol.